The molecule has 0 bridgehead atoms. The van der Waals surface area contributed by atoms with Crippen LogP contribution in [0.25, 0.3) is 0 Å². The lowest BCUT2D eigenvalue weighted by molar-refractivity contribution is 0.340. The second kappa shape index (κ2) is 8.01. The molecule has 1 heterocycles. The Kier molecular flexibility index (Phi) is 5.73. The molecule has 140 valence electrons. The van der Waals surface area contributed by atoms with Gasteiger partial charge >= 0.3 is 0 Å². The number of aryl methyl sites for hydroxylation is 2. The predicted molar refractivity (Wildman–Crippen MR) is 97.9 cm³/mol. The van der Waals surface area contributed by atoms with Gasteiger partial charge in [0, 0.05) is 12.6 Å². The first-order chi connectivity index (χ1) is 12.5. The fraction of sp³-hybridized carbons (Fsp3) is 0.444. The third kappa shape index (κ3) is 4.31. The Morgan fingerprint density at radius 1 is 1.19 bits per heavy atom. The summed E-state index contributed by atoms with van der Waals surface area (Å²) in [5.74, 6) is 0.622. The van der Waals surface area contributed by atoms with Crippen LogP contribution in [0.3, 0.4) is 0 Å². The van der Waals surface area contributed by atoms with Crippen LogP contribution in [0.15, 0.2) is 40.0 Å². The third-order valence-corrected chi connectivity index (χ3v) is 5.81. The summed E-state index contributed by atoms with van der Waals surface area (Å²) < 4.78 is 33.9. The highest BCUT2D eigenvalue weighted by Gasteiger charge is 2.15. The highest BCUT2D eigenvalue weighted by molar-refractivity contribution is 7.89. The minimum absolute atomic E-state index is 0.0985. The predicted octanol–water partition coefficient (Wildman–Crippen LogP) is 1.50. The van der Waals surface area contributed by atoms with Crippen LogP contribution in [0.2, 0.25) is 0 Å². The van der Waals surface area contributed by atoms with Crippen molar-refractivity contribution in [3.05, 3.63) is 51.9 Å². The Hall–Kier alpha value is -2.19. The van der Waals surface area contributed by atoms with Gasteiger partial charge in [-0.2, -0.15) is 5.10 Å². The van der Waals surface area contributed by atoms with E-state index >= 15 is 0 Å². The second-order valence-electron chi connectivity index (χ2n) is 6.19. The molecule has 1 aromatic carbocycles. The van der Waals surface area contributed by atoms with Crippen LogP contribution in [0.1, 0.15) is 31.0 Å². The van der Waals surface area contributed by atoms with Crippen molar-refractivity contribution in [1.82, 2.24) is 14.5 Å². The van der Waals surface area contributed by atoms with Gasteiger partial charge in [-0.25, -0.2) is 17.8 Å². The van der Waals surface area contributed by atoms with Crippen molar-refractivity contribution in [3.63, 3.8) is 0 Å². The number of benzene rings is 1. The SMILES string of the molecule is CCOc1ccc(S(=O)(=O)NCCn2nc3c(cc2=O)CCCC3)cc1. The first kappa shape index (κ1) is 18.6. The average molecular weight is 377 g/mol. The van der Waals surface area contributed by atoms with E-state index in [0.29, 0.717) is 12.4 Å². The van der Waals surface area contributed by atoms with Crippen LogP contribution in [0, 0.1) is 0 Å². The maximum absolute atomic E-state index is 12.3. The number of nitrogens with zero attached hydrogens (tertiary/aromatic N) is 2. The number of hydrogen-bond donors (Lipinski definition) is 1. The standard InChI is InChI=1S/C18H23N3O4S/c1-2-25-15-7-9-16(10-8-15)26(23,24)19-11-12-21-18(22)13-14-5-3-4-6-17(14)20-21/h7-10,13,19H,2-6,11-12H2,1H3. The Morgan fingerprint density at radius 3 is 2.65 bits per heavy atom. The van der Waals surface area contributed by atoms with E-state index in [1.165, 1.54) is 16.8 Å². The van der Waals surface area contributed by atoms with Gasteiger partial charge in [-0.05, 0) is 62.4 Å². The molecule has 1 N–H and O–H groups in total. The number of hydrogen-bond acceptors (Lipinski definition) is 5. The highest BCUT2D eigenvalue weighted by Crippen LogP contribution is 2.17. The summed E-state index contributed by atoms with van der Waals surface area (Å²) >= 11 is 0. The molecule has 1 aliphatic carbocycles. The smallest absolute Gasteiger partial charge is 0.267 e. The van der Waals surface area contributed by atoms with E-state index in [1.807, 2.05) is 6.92 Å². The zero-order valence-electron chi connectivity index (χ0n) is 14.8. The van der Waals surface area contributed by atoms with Crippen molar-refractivity contribution in [2.75, 3.05) is 13.2 Å². The molecule has 0 spiro atoms. The van der Waals surface area contributed by atoms with Crippen molar-refractivity contribution in [1.29, 1.82) is 0 Å². The normalized spacial score (nSPS) is 14.0. The van der Waals surface area contributed by atoms with E-state index in [0.717, 1.165) is 36.9 Å². The fourth-order valence-corrected chi connectivity index (χ4v) is 4.03. The van der Waals surface area contributed by atoms with Crippen LogP contribution in [0.4, 0.5) is 0 Å². The van der Waals surface area contributed by atoms with Gasteiger partial charge in [-0.1, -0.05) is 0 Å². The summed E-state index contributed by atoms with van der Waals surface area (Å²) in [6, 6.07) is 7.86. The van der Waals surface area contributed by atoms with Gasteiger partial charge in [-0.15, -0.1) is 0 Å². The molecule has 3 rings (SSSR count). The highest BCUT2D eigenvalue weighted by atomic mass is 32.2. The molecule has 0 unspecified atom stereocenters. The molecular weight excluding hydrogens is 354 g/mol. The van der Waals surface area contributed by atoms with E-state index in [2.05, 4.69) is 9.82 Å². The molecule has 7 nitrogen and oxygen atoms in total. The Bertz CT molecular complexity index is 920. The first-order valence-electron chi connectivity index (χ1n) is 8.82. The lowest BCUT2D eigenvalue weighted by atomic mass is 9.97. The summed E-state index contributed by atoms with van der Waals surface area (Å²) in [6.45, 7) is 2.68. The van der Waals surface area contributed by atoms with Gasteiger partial charge in [0.05, 0.1) is 23.7 Å². The Balaban J connectivity index is 1.64. The number of rotatable bonds is 7. The van der Waals surface area contributed by atoms with Crippen molar-refractivity contribution in [2.45, 2.75) is 44.0 Å². The summed E-state index contributed by atoms with van der Waals surface area (Å²) in [4.78, 5) is 12.3. The van der Waals surface area contributed by atoms with Crippen molar-refractivity contribution in [2.24, 2.45) is 0 Å². The van der Waals surface area contributed by atoms with Gasteiger partial charge in [0.15, 0.2) is 0 Å². The monoisotopic (exact) mass is 377 g/mol. The van der Waals surface area contributed by atoms with Gasteiger partial charge in [0.2, 0.25) is 10.0 Å². The molecule has 1 aromatic heterocycles. The van der Waals surface area contributed by atoms with E-state index in [9.17, 15) is 13.2 Å². The number of nitrogens with one attached hydrogen (secondary N) is 1. The van der Waals surface area contributed by atoms with Crippen LogP contribution in [-0.2, 0) is 29.4 Å². The number of fused-ring (bicyclic) bond motifs is 1. The molecule has 0 amide bonds. The largest absolute Gasteiger partial charge is 0.494 e. The van der Waals surface area contributed by atoms with Crippen molar-refractivity contribution in [3.8, 4) is 5.75 Å². The van der Waals surface area contributed by atoms with Gasteiger partial charge < -0.3 is 4.74 Å². The van der Waals surface area contributed by atoms with E-state index in [4.69, 9.17) is 4.74 Å². The molecule has 26 heavy (non-hydrogen) atoms. The zero-order valence-corrected chi connectivity index (χ0v) is 15.6. The van der Waals surface area contributed by atoms with Gasteiger partial charge in [-0.3, -0.25) is 4.79 Å². The maximum Gasteiger partial charge on any atom is 0.267 e. The molecule has 8 heteroatoms. The third-order valence-electron chi connectivity index (χ3n) is 4.33. The lowest BCUT2D eigenvalue weighted by Gasteiger charge is -2.16. The second-order valence-corrected chi connectivity index (χ2v) is 7.95. The molecule has 0 saturated heterocycles. The molecular formula is C18H23N3O4S. The molecule has 2 aromatic rings. The summed E-state index contributed by atoms with van der Waals surface area (Å²) in [5, 5.41) is 4.39. The average Bonchev–Trinajstić information content (AvgIpc) is 2.63. The number of sulfonamides is 1. The zero-order chi connectivity index (χ0) is 18.6. The Morgan fingerprint density at radius 2 is 1.92 bits per heavy atom. The van der Waals surface area contributed by atoms with Crippen LogP contribution >= 0.6 is 0 Å². The van der Waals surface area contributed by atoms with Gasteiger partial charge in [0.25, 0.3) is 5.56 Å². The quantitative estimate of drug-likeness (QED) is 0.790. The van der Waals surface area contributed by atoms with E-state index in [1.54, 1.807) is 18.2 Å². The van der Waals surface area contributed by atoms with Crippen LogP contribution in [-0.4, -0.2) is 31.3 Å². The van der Waals surface area contributed by atoms with Gasteiger partial charge in [0.1, 0.15) is 5.75 Å². The molecule has 0 saturated carbocycles. The molecule has 0 radical (unpaired) electrons. The van der Waals surface area contributed by atoms with Crippen molar-refractivity contribution < 1.29 is 13.2 Å². The van der Waals surface area contributed by atoms with E-state index in [-0.39, 0.29) is 23.5 Å². The maximum atomic E-state index is 12.3. The lowest BCUT2D eigenvalue weighted by Crippen LogP contribution is -2.33. The summed E-state index contributed by atoms with van der Waals surface area (Å²) in [5.41, 5.74) is 1.78. The minimum Gasteiger partial charge on any atom is -0.494 e. The van der Waals surface area contributed by atoms with Crippen LogP contribution < -0.4 is 15.0 Å². The van der Waals surface area contributed by atoms with Crippen LogP contribution in [0.5, 0.6) is 5.75 Å². The Labute approximate surface area is 153 Å². The molecule has 0 aliphatic heterocycles. The number of aromatic nitrogens is 2. The summed E-state index contributed by atoms with van der Waals surface area (Å²) in [6.07, 6.45) is 3.92. The topological polar surface area (TPSA) is 90.3 Å². The summed E-state index contributed by atoms with van der Waals surface area (Å²) in [7, 11) is -3.64. The fourth-order valence-electron chi connectivity index (χ4n) is 3.01. The number of ether oxygens (including phenoxy) is 1. The molecule has 0 atom stereocenters. The minimum atomic E-state index is -3.64. The molecule has 0 fully saturated rings. The molecule has 1 aliphatic rings. The van der Waals surface area contributed by atoms with E-state index < -0.39 is 10.0 Å². The van der Waals surface area contributed by atoms with Crippen molar-refractivity contribution >= 4 is 10.0 Å². The first-order valence-corrected chi connectivity index (χ1v) is 10.3.